The highest BCUT2D eigenvalue weighted by Crippen LogP contribution is 2.19. The Morgan fingerprint density at radius 1 is 1.44 bits per heavy atom. The van der Waals surface area contributed by atoms with Crippen LogP contribution in [0.1, 0.15) is 0 Å². The van der Waals surface area contributed by atoms with Crippen molar-refractivity contribution in [3.05, 3.63) is 35.7 Å². The first-order valence-corrected chi connectivity index (χ1v) is 6.62. The van der Waals surface area contributed by atoms with E-state index in [9.17, 15) is 8.42 Å². The Bertz CT molecular complexity index is 508. The summed E-state index contributed by atoms with van der Waals surface area (Å²) >= 11 is 0. The Labute approximate surface area is 94.8 Å². The number of hydrogen-bond acceptors (Lipinski definition) is 4. The lowest BCUT2D eigenvalue weighted by Crippen LogP contribution is -2.20. The summed E-state index contributed by atoms with van der Waals surface area (Å²) in [5, 5.41) is 4.38. The van der Waals surface area contributed by atoms with E-state index in [1.54, 1.807) is 13.2 Å². The van der Waals surface area contributed by atoms with Crippen LogP contribution in [0.4, 0.5) is 5.69 Å². The molecule has 0 bridgehead atoms. The quantitative estimate of drug-likeness (QED) is 0.866. The summed E-state index contributed by atoms with van der Waals surface area (Å²) in [5.41, 5.74) is 0.853. The maximum absolute atomic E-state index is 11.2. The van der Waals surface area contributed by atoms with Gasteiger partial charge in [-0.25, -0.2) is 8.42 Å². The normalized spacial score (nSPS) is 21.9. The summed E-state index contributed by atoms with van der Waals surface area (Å²) in [4.78, 5) is 0. The summed E-state index contributed by atoms with van der Waals surface area (Å²) in [6.07, 6.45) is 1.66. The standard InChI is InChI=1S/C11H13NO3S/c1-15-11-4-2-3-9(7-11)12-10-5-6-16(13,14)8-10/h2-7,10,12H,8H2,1H3/t10-/m0/s1. The molecule has 1 N–H and O–H groups in total. The molecule has 1 heterocycles. The Morgan fingerprint density at radius 3 is 2.88 bits per heavy atom. The molecule has 0 saturated heterocycles. The summed E-state index contributed by atoms with van der Waals surface area (Å²) in [6.45, 7) is 0. The van der Waals surface area contributed by atoms with Gasteiger partial charge in [0, 0.05) is 17.2 Å². The number of sulfone groups is 1. The summed E-state index contributed by atoms with van der Waals surface area (Å²) < 4.78 is 27.5. The van der Waals surface area contributed by atoms with Crippen LogP contribution in [0.2, 0.25) is 0 Å². The monoisotopic (exact) mass is 239 g/mol. The number of methoxy groups -OCH3 is 1. The molecule has 0 amide bonds. The zero-order valence-corrected chi connectivity index (χ0v) is 9.70. The molecule has 16 heavy (non-hydrogen) atoms. The molecule has 2 rings (SSSR count). The van der Waals surface area contributed by atoms with Gasteiger partial charge in [-0.2, -0.15) is 0 Å². The van der Waals surface area contributed by atoms with Crippen molar-refractivity contribution in [2.75, 3.05) is 18.2 Å². The lowest BCUT2D eigenvalue weighted by Gasteiger charge is -2.12. The second-order valence-electron chi connectivity index (χ2n) is 3.64. The summed E-state index contributed by atoms with van der Waals surface area (Å²) in [6, 6.07) is 7.25. The lowest BCUT2D eigenvalue weighted by atomic mass is 10.2. The zero-order valence-electron chi connectivity index (χ0n) is 8.88. The number of ether oxygens (including phenoxy) is 1. The van der Waals surface area contributed by atoms with Crippen molar-refractivity contribution < 1.29 is 13.2 Å². The van der Waals surface area contributed by atoms with Gasteiger partial charge in [-0.15, -0.1) is 0 Å². The van der Waals surface area contributed by atoms with E-state index in [1.165, 1.54) is 5.41 Å². The SMILES string of the molecule is COc1cccc(N[C@H]2C=CS(=O)(=O)C2)c1. The van der Waals surface area contributed by atoms with Crippen molar-refractivity contribution in [3.63, 3.8) is 0 Å². The van der Waals surface area contributed by atoms with E-state index in [1.807, 2.05) is 24.3 Å². The summed E-state index contributed by atoms with van der Waals surface area (Å²) in [5.74, 6) is 0.861. The molecule has 0 unspecified atom stereocenters. The van der Waals surface area contributed by atoms with Crippen LogP contribution in [0, 0.1) is 0 Å². The van der Waals surface area contributed by atoms with Crippen LogP contribution in [-0.2, 0) is 9.84 Å². The van der Waals surface area contributed by atoms with Crippen molar-refractivity contribution in [2.24, 2.45) is 0 Å². The molecule has 1 aromatic carbocycles. The maximum atomic E-state index is 11.2. The second kappa shape index (κ2) is 4.17. The van der Waals surface area contributed by atoms with E-state index < -0.39 is 9.84 Å². The molecule has 1 atom stereocenters. The van der Waals surface area contributed by atoms with Crippen LogP contribution in [0.5, 0.6) is 5.75 Å². The average molecular weight is 239 g/mol. The van der Waals surface area contributed by atoms with Gasteiger partial charge in [-0.1, -0.05) is 12.1 Å². The highest BCUT2D eigenvalue weighted by atomic mass is 32.2. The van der Waals surface area contributed by atoms with Crippen LogP contribution in [-0.4, -0.2) is 27.3 Å². The third-order valence-electron chi connectivity index (χ3n) is 2.35. The predicted molar refractivity (Wildman–Crippen MR) is 63.3 cm³/mol. The van der Waals surface area contributed by atoms with E-state index in [4.69, 9.17) is 4.74 Å². The molecular weight excluding hydrogens is 226 g/mol. The average Bonchev–Trinajstić information content (AvgIpc) is 2.58. The molecule has 5 heteroatoms. The first kappa shape index (κ1) is 11.0. The predicted octanol–water partition coefficient (Wildman–Crippen LogP) is 1.42. The molecule has 86 valence electrons. The van der Waals surface area contributed by atoms with Gasteiger partial charge >= 0.3 is 0 Å². The van der Waals surface area contributed by atoms with Gasteiger partial charge in [0.1, 0.15) is 5.75 Å². The molecule has 1 aliphatic rings. The van der Waals surface area contributed by atoms with Gasteiger partial charge in [0.25, 0.3) is 0 Å². The smallest absolute Gasteiger partial charge is 0.173 e. The van der Waals surface area contributed by atoms with Crippen LogP contribution in [0.15, 0.2) is 35.7 Å². The fourth-order valence-corrected chi connectivity index (χ4v) is 2.83. The minimum absolute atomic E-state index is 0.115. The fourth-order valence-electron chi connectivity index (χ4n) is 1.59. The van der Waals surface area contributed by atoms with Crippen LogP contribution >= 0.6 is 0 Å². The molecule has 1 aromatic rings. The third-order valence-corrected chi connectivity index (χ3v) is 3.75. The molecular formula is C11H13NO3S. The first-order chi connectivity index (χ1) is 7.59. The van der Waals surface area contributed by atoms with Crippen molar-refractivity contribution in [3.8, 4) is 5.75 Å². The Morgan fingerprint density at radius 2 is 2.25 bits per heavy atom. The number of rotatable bonds is 3. The highest BCUT2D eigenvalue weighted by Gasteiger charge is 2.21. The van der Waals surface area contributed by atoms with Crippen LogP contribution in [0.3, 0.4) is 0 Å². The maximum Gasteiger partial charge on any atom is 0.173 e. The molecule has 0 aromatic heterocycles. The number of anilines is 1. The van der Waals surface area contributed by atoms with E-state index in [0.29, 0.717) is 0 Å². The largest absolute Gasteiger partial charge is 0.497 e. The second-order valence-corrected chi connectivity index (χ2v) is 5.57. The zero-order chi connectivity index (χ0) is 11.6. The van der Waals surface area contributed by atoms with E-state index >= 15 is 0 Å². The minimum atomic E-state index is -3.01. The Kier molecular flexibility index (Phi) is 2.87. The summed E-state index contributed by atoms with van der Waals surface area (Å²) in [7, 11) is -1.41. The van der Waals surface area contributed by atoms with E-state index in [2.05, 4.69) is 5.32 Å². The van der Waals surface area contributed by atoms with Gasteiger partial charge in [-0.05, 0) is 12.1 Å². The molecule has 0 saturated carbocycles. The Balaban J connectivity index is 2.08. The van der Waals surface area contributed by atoms with Crippen molar-refractivity contribution in [1.29, 1.82) is 0 Å². The molecule has 0 aliphatic carbocycles. The molecule has 0 fully saturated rings. The Hall–Kier alpha value is -1.49. The van der Waals surface area contributed by atoms with Gasteiger partial charge in [-0.3, -0.25) is 0 Å². The van der Waals surface area contributed by atoms with E-state index in [-0.39, 0.29) is 11.8 Å². The molecule has 4 nitrogen and oxygen atoms in total. The highest BCUT2D eigenvalue weighted by molar-refractivity contribution is 7.94. The molecule has 1 aliphatic heterocycles. The number of benzene rings is 1. The van der Waals surface area contributed by atoms with Gasteiger partial charge in [0.15, 0.2) is 9.84 Å². The topological polar surface area (TPSA) is 55.4 Å². The third kappa shape index (κ3) is 2.55. The van der Waals surface area contributed by atoms with Gasteiger partial charge < -0.3 is 10.1 Å². The number of nitrogens with one attached hydrogen (secondary N) is 1. The van der Waals surface area contributed by atoms with Crippen LogP contribution in [0.25, 0.3) is 0 Å². The van der Waals surface area contributed by atoms with Gasteiger partial charge in [0.2, 0.25) is 0 Å². The number of hydrogen-bond donors (Lipinski definition) is 1. The minimum Gasteiger partial charge on any atom is -0.497 e. The lowest BCUT2D eigenvalue weighted by molar-refractivity contribution is 0.415. The first-order valence-electron chi connectivity index (χ1n) is 4.91. The molecule has 0 spiro atoms. The fraction of sp³-hybridized carbons (Fsp3) is 0.273. The van der Waals surface area contributed by atoms with Crippen molar-refractivity contribution in [1.82, 2.24) is 0 Å². The van der Waals surface area contributed by atoms with E-state index in [0.717, 1.165) is 11.4 Å². The van der Waals surface area contributed by atoms with Crippen LogP contribution < -0.4 is 10.1 Å². The van der Waals surface area contributed by atoms with Gasteiger partial charge in [0.05, 0.1) is 18.9 Å². The van der Waals surface area contributed by atoms with Crippen molar-refractivity contribution in [2.45, 2.75) is 6.04 Å². The van der Waals surface area contributed by atoms with Crippen molar-refractivity contribution >= 4 is 15.5 Å². The molecule has 0 radical (unpaired) electrons.